The lowest BCUT2D eigenvalue weighted by atomic mass is 10.4. The van der Waals surface area contributed by atoms with Crippen LogP contribution >= 0.6 is 0 Å². The Morgan fingerprint density at radius 3 is 2.71 bits per heavy atom. The fraction of sp³-hybridized carbons (Fsp3) is 0.556. The molecule has 1 aromatic heterocycles. The zero-order valence-electron chi connectivity index (χ0n) is 9.21. The fourth-order valence-corrected chi connectivity index (χ4v) is 1.14. The summed E-state index contributed by atoms with van der Waals surface area (Å²) in [5.41, 5.74) is -0.935. The van der Waals surface area contributed by atoms with Gasteiger partial charge in [-0.25, -0.2) is 4.79 Å². The van der Waals surface area contributed by atoms with Gasteiger partial charge in [0.2, 0.25) is 0 Å². The lowest BCUT2D eigenvalue weighted by molar-refractivity contribution is -0.141. The van der Waals surface area contributed by atoms with Gasteiger partial charge in [0.05, 0.1) is 6.54 Å². The number of carbonyl (C=O) groups excluding carboxylic acids is 1. The molecule has 96 valence electrons. The Morgan fingerprint density at radius 2 is 2.18 bits per heavy atom. The number of amides is 2. The van der Waals surface area contributed by atoms with Gasteiger partial charge in [-0.15, -0.1) is 0 Å². The average molecular weight is 250 g/mol. The molecule has 2 N–H and O–H groups in total. The van der Waals surface area contributed by atoms with E-state index in [1.54, 1.807) is 6.92 Å². The van der Waals surface area contributed by atoms with E-state index in [0.717, 1.165) is 10.7 Å². The number of hydrogen-bond acceptors (Lipinski definition) is 2. The monoisotopic (exact) mass is 250 g/mol. The second kappa shape index (κ2) is 5.55. The molecule has 1 aromatic rings. The average Bonchev–Trinajstić information content (AvgIpc) is 2.66. The van der Waals surface area contributed by atoms with Crippen molar-refractivity contribution < 1.29 is 18.0 Å². The summed E-state index contributed by atoms with van der Waals surface area (Å²) in [5, 5.41) is 8.33. The Bertz CT molecular complexity index is 375. The van der Waals surface area contributed by atoms with Crippen molar-refractivity contribution in [3.63, 3.8) is 0 Å². The Morgan fingerprint density at radius 1 is 1.47 bits per heavy atom. The van der Waals surface area contributed by atoms with Crippen molar-refractivity contribution in [2.75, 3.05) is 13.1 Å². The van der Waals surface area contributed by atoms with Crippen LogP contribution in [-0.2, 0) is 12.7 Å². The first-order valence-corrected chi connectivity index (χ1v) is 5.06. The van der Waals surface area contributed by atoms with Crippen molar-refractivity contribution in [3.8, 4) is 0 Å². The van der Waals surface area contributed by atoms with E-state index in [9.17, 15) is 18.0 Å². The van der Waals surface area contributed by atoms with Crippen LogP contribution in [0.5, 0.6) is 0 Å². The number of urea groups is 1. The number of nitrogens with one attached hydrogen (secondary N) is 2. The molecule has 8 heteroatoms. The standard InChI is InChI=1S/C9H13F3N4O/c1-2-13-8(17)14-4-6-16-5-3-7(15-16)9(10,11)12/h3,5H,2,4,6H2,1H3,(H2,13,14,17). The third kappa shape index (κ3) is 4.33. The van der Waals surface area contributed by atoms with Crippen molar-refractivity contribution in [2.45, 2.75) is 19.6 Å². The molecule has 0 aromatic carbocycles. The Kier molecular flexibility index (Phi) is 4.36. The molecule has 0 fully saturated rings. The maximum atomic E-state index is 12.2. The zero-order chi connectivity index (χ0) is 12.9. The molecule has 0 aliphatic rings. The highest BCUT2D eigenvalue weighted by Crippen LogP contribution is 2.26. The van der Waals surface area contributed by atoms with E-state index in [1.165, 1.54) is 6.20 Å². The molecule has 17 heavy (non-hydrogen) atoms. The van der Waals surface area contributed by atoms with Crippen LogP contribution in [0.2, 0.25) is 0 Å². The highest BCUT2D eigenvalue weighted by Gasteiger charge is 2.33. The largest absolute Gasteiger partial charge is 0.435 e. The van der Waals surface area contributed by atoms with Crippen molar-refractivity contribution in [2.24, 2.45) is 0 Å². The maximum absolute atomic E-state index is 12.2. The van der Waals surface area contributed by atoms with E-state index >= 15 is 0 Å². The van der Waals surface area contributed by atoms with Crippen LogP contribution in [0.25, 0.3) is 0 Å². The van der Waals surface area contributed by atoms with Crippen LogP contribution < -0.4 is 10.6 Å². The first kappa shape index (κ1) is 13.3. The van der Waals surface area contributed by atoms with E-state index in [2.05, 4.69) is 15.7 Å². The van der Waals surface area contributed by atoms with Gasteiger partial charge >= 0.3 is 12.2 Å². The van der Waals surface area contributed by atoms with Gasteiger partial charge in [0.1, 0.15) is 0 Å². The topological polar surface area (TPSA) is 59.0 Å². The minimum Gasteiger partial charge on any atom is -0.338 e. The van der Waals surface area contributed by atoms with Gasteiger partial charge in [-0.1, -0.05) is 0 Å². The number of aromatic nitrogens is 2. The summed E-state index contributed by atoms with van der Waals surface area (Å²) in [5.74, 6) is 0. The number of nitrogens with zero attached hydrogens (tertiary/aromatic N) is 2. The molecule has 0 saturated heterocycles. The smallest absolute Gasteiger partial charge is 0.338 e. The lowest BCUT2D eigenvalue weighted by Crippen LogP contribution is -2.37. The van der Waals surface area contributed by atoms with Gasteiger partial charge in [0, 0.05) is 19.3 Å². The predicted octanol–water partition coefficient (Wildman–Crippen LogP) is 1.22. The fourth-order valence-electron chi connectivity index (χ4n) is 1.14. The highest BCUT2D eigenvalue weighted by atomic mass is 19.4. The molecule has 0 atom stereocenters. The molecular weight excluding hydrogens is 237 g/mol. The van der Waals surface area contributed by atoms with Crippen LogP contribution in [0, 0.1) is 0 Å². The summed E-state index contributed by atoms with van der Waals surface area (Å²) in [4.78, 5) is 11.0. The normalized spacial score (nSPS) is 11.3. The minimum atomic E-state index is -4.43. The first-order chi connectivity index (χ1) is 7.93. The molecule has 0 saturated carbocycles. The van der Waals surface area contributed by atoms with E-state index in [4.69, 9.17) is 0 Å². The number of carbonyl (C=O) groups is 1. The molecular formula is C9H13F3N4O. The van der Waals surface area contributed by atoms with Gasteiger partial charge in [-0.05, 0) is 13.0 Å². The Balaban J connectivity index is 2.38. The maximum Gasteiger partial charge on any atom is 0.435 e. The van der Waals surface area contributed by atoms with E-state index in [-0.39, 0.29) is 19.1 Å². The van der Waals surface area contributed by atoms with E-state index in [0.29, 0.717) is 6.54 Å². The molecule has 5 nitrogen and oxygen atoms in total. The van der Waals surface area contributed by atoms with Gasteiger partial charge in [-0.2, -0.15) is 18.3 Å². The quantitative estimate of drug-likeness (QED) is 0.844. The van der Waals surface area contributed by atoms with Crippen molar-refractivity contribution in [1.29, 1.82) is 0 Å². The summed E-state index contributed by atoms with van der Waals surface area (Å²) in [6.07, 6.45) is -3.21. The predicted molar refractivity (Wildman–Crippen MR) is 54.3 cm³/mol. The van der Waals surface area contributed by atoms with Crippen LogP contribution in [-0.4, -0.2) is 28.9 Å². The Labute approximate surface area is 96.0 Å². The van der Waals surface area contributed by atoms with Crippen LogP contribution in [0.3, 0.4) is 0 Å². The van der Waals surface area contributed by atoms with Crippen LogP contribution in [0.15, 0.2) is 12.3 Å². The molecule has 0 aliphatic heterocycles. The van der Waals surface area contributed by atoms with E-state index < -0.39 is 11.9 Å². The SMILES string of the molecule is CCNC(=O)NCCn1ccc(C(F)(F)F)n1. The summed E-state index contributed by atoms with van der Waals surface area (Å²) in [6.45, 7) is 2.66. The highest BCUT2D eigenvalue weighted by molar-refractivity contribution is 5.73. The minimum absolute atomic E-state index is 0.188. The second-order valence-corrected chi connectivity index (χ2v) is 3.25. The number of alkyl halides is 3. The second-order valence-electron chi connectivity index (χ2n) is 3.25. The summed E-state index contributed by atoms with van der Waals surface area (Å²) in [7, 11) is 0. The lowest BCUT2D eigenvalue weighted by Gasteiger charge is -2.06. The van der Waals surface area contributed by atoms with Gasteiger partial charge in [0.15, 0.2) is 5.69 Å². The molecule has 0 radical (unpaired) electrons. The summed E-state index contributed by atoms with van der Waals surface area (Å²) < 4.78 is 37.7. The summed E-state index contributed by atoms with van der Waals surface area (Å²) in [6, 6.07) is 0.544. The number of halogens is 3. The van der Waals surface area contributed by atoms with Gasteiger partial charge in [0.25, 0.3) is 0 Å². The van der Waals surface area contributed by atoms with Crippen molar-refractivity contribution in [3.05, 3.63) is 18.0 Å². The molecule has 2 amide bonds. The molecule has 1 heterocycles. The van der Waals surface area contributed by atoms with Crippen molar-refractivity contribution in [1.82, 2.24) is 20.4 Å². The van der Waals surface area contributed by atoms with E-state index in [1.807, 2.05) is 0 Å². The molecule has 0 aliphatic carbocycles. The van der Waals surface area contributed by atoms with Crippen molar-refractivity contribution >= 4 is 6.03 Å². The third-order valence-electron chi connectivity index (χ3n) is 1.89. The van der Waals surface area contributed by atoms with Gasteiger partial charge < -0.3 is 10.6 Å². The molecule has 0 spiro atoms. The van der Waals surface area contributed by atoms with Crippen LogP contribution in [0.1, 0.15) is 12.6 Å². The molecule has 0 unspecified atom stereocenters. The van der Waals surface area contributed by atoms with Crippen LogP contribution in [0.4, 0.5) is 18.0 Å². The third-order valence-corrected chi connectivity index (χ3v) is 1.89. The summed E-state index contributed by atoms with van der Waals surface area (Å²) >= 11 is 0. The molecule has 0 bridgehead atoms. The number of rotatable bonds is 4. The van der Waals surface area contributed by atoms with Gasteiger partial charge in [-0.3, -0.25) is 4.68 Å². The molecule has 1 rings (SSSR count). The zero-order valence-corrected chi connectivity index (χ0v) is 9.21. The Hall–Kier alpha value is -1.73. The first-order valence-electron chi connectivity index (χ1n) is 5.06. The number of hydrogen-bond donors (Lipinski definition) is 2.